The van der Waals surface area contributed by atoms with Crippen molar-refractivity contribution in [3.63, 3.8) is 0 Å². The van der Waals surface area contributed by atoms with Gasteiger partial charge in [0.05, 0.1) is 11.4 Å². The number of hydrogen-bond donors (Lipinski definition) is 1. The van der Waals surface area contributed by atoms with Crippen LogP contribution in [0.2, 0.25) is 0 Å². The second-order valence-electron chi connectivity index (χ2n) is 6.58. The van der Waals surface area contributed by atoms with Gasteiger partial charge in [0, 0.05) is 43.1 Å². The third-order valence-corrected chi connectivity index (χ3v) is 4.49. The quantitative estimate of drug-likeness (QED) is 0.916. The number of aromatic nitrogens is 1. The van der Waals surface area contributed by atoms with Crippen LogP contribution in [0.3, 0.4) is 0 Å². The monoisotopic (exact) mass is 325 g/mol. The number of carbonyl (C=O) groups is 2. The van der Waals surface area contributed by atoms with Crippen LogP contribution in [0.25, 0.3) is 10.9 Å². The number of nitrogens with one attached hydrogen (secondary N) is 1. The van der Waals surface area contributed by atoms with Crippen LogP contribution in [0.1, 0.15) is 26.0 Å². The molecule has 1 fully saturated rings. The Hall–Kier alpha value is -2.43. The summed E-state index contributed by atoms with van der Waals surface area (Å²) >= 11 is 0. The van der Waals surface area contributed by atoms with E-state index in [0.29, 0.717) is 25.9 Å². The van der Waals surface area contributed by atoms with Crippen LogP contribution in [0, 0.1) is 5.92 Å². The van der Waals surface area contributed by atoms with Crippen LogP contribution >= 0.6 is 0 Å². The second-order valence-corrected chi connectivity index (χ2v) is 6.58. The Bertz CT molecular complexity index is 757. The number of likely N-dealkylation sites (tertiary alicyclic amines) is 1. The Morgan fingerprint density at radius 1 is 1.29 bits per heavy atom. The highest BCUT2D eigenvalue weighted by atomic mass is 16.2. The lowest BCUT2D eigenvalue weighted by Gasteiger charge is -2.20. The molecule has 0 aliphatic carbocycles. The molecule has 126 valence electrons. The van der Waals surface area contributed by atoms with Crippen molar-refractivity contribution < 1.29 is 9.59 Å². The lowest BCUT2D eigenvalue weighted by atomic mass is 10.1. The van der Waals surface area contributed by atoms with Crippen molar-refractivity contribution in [2.75, 3.05) is 13.1 Å². The molecule has 0 bridgehead atoms. The number of pyridine rings is 1. The van der Waals surface area contributed by atoms with E-state index in [4.69, 9.17) is 0 Å². The van der Waals surface area contributed by atoms with Gasteiger partial charge in [0.25, 0.3) is 0 Å². The summed E-state index contributed by atoms with van der Waals surface area (Å²) in [6, 6.07) is 12.2. The molecule has 0 unspecified atom stereocenters. The highest BCUT2D eigenvalue weighted by Gasteiger charge is 2.35. The average molecular weight is 325 g/mol. The highest BCUT2D eigenvalue weighted by Crippen LogP contribution is 2.20. The Balaban J connectivity index is 1.52. The van der Waals surface area contributed by atoms with E-state index in [1.165, 1.54) is 0 Å². The van der Waals surface area contributed by atoms with Crippen molar-refractivity contribution >= 4 is 22.7 Å². The molecule has 1 aliphatic rings. The maximum atomic E-state index is 12.3. The molecular weight excluding hydrogens is 302 g/mol. The van der Waals surface area contributed by atoms with E-state index in [-0.39, 0.29) is 23.8 Å². The van der Waals surface area contributed by atoms with Gasteiger partial charge < -0.3 is 10.2 Å². The van der Waals surface area contributed by atoms with Gasteiger partial charge in [-0.1, -0.05) is 24.3 Å². The fourth-order valence-corrected chi connectivity index (χ4v) is 3.11. The Kier molecular flexibility index (Phi) is 4.79. The molecule has 0 radical (unpaired) electrons. The minimum Gasteiger partial charge on any atom is -0.355 e. The van der Waals surface area contributed by atoms with Crippen molar-refractivity contribution in [2.24, 2.45) is 5.92 Å². The van der Waals surface area contributed by atoms with Gasteiger partial charge in [-0.25, -0.2) is 0 Å². The molecule has 3 rings (SSSR count). The zero-order chi connectivity index (χ0) is 17.1. The third kappa shape index (κ3) is 3.55. The number of para-hydroxylation sites is 1. The molecule has 1 atom stereocenters. The van der Waals surface area contributed by atoms with E-state index < -0.39 is 0 Å². The van der Waals surface area contributed by atoms with Gasteiger partial charge in [-0.2, -0.15) is 0 Å². The average Bonchev–Trinajstić information content (AvgIpc) is 2.97. The van der Waals surface area contributed by atoms with E-state index in [1.807, 2.05) is 44.2 Å². The van der Waals surface area contributed by atoms with Crippen LogP contribution in [0.5, 0.6) is 0 Å². The van der Waals surface area contributed by atoms with Gasteiger partial charge in [-0.15, -0.1) is 0 Å². The van der Waals surface area contributed by atoms with Gasteiger partial charge in [-0.05, 0) is 26.0 Å². The van der Waals surface area contributed by atoms with Gasteiger partial charge in [0.2, 0.25) is 11.8 Å². The number of benzene rings is 1. The van der Waals surface area contributed by atoms with E-state index in [9.17, 15) is 9.59 Å². The molecule has 1 aliphatic heterocycles. The molecule has 2 amide bonds. The smallest absolute Gasteiger partial charge is 0.225 e. The first-order valence-electron chi connectivity index (χ1n) is 8.46. The van der Waals surface area contributed by atoms with Crippen LogP contribution in [-0.4, -0.2) is 40.8 Å². The van der Waals surface area contributed by atoms with Crippen LogP contribution in [0.4, 0.5) is 0 Å². The molecule has 0 saturated carbocycles. The van der Waals surface area contributed by atoms with Crippen LogP contribution in [0.15, 0.2) is 36.4 Å². The largest absolute Gasteiger partial charge is 0.355 e. The van der Waals surface area contributed by atoms with Crippen molar-refractivity contribution in [1.82, 2.24) is 15.2 Å². The van der Waals surface area contributed by atoms with Crippen LogP contribution < -0.4 is 5.32 Å². The summed E-state index contributed by atoms with van der Waals surface area (Å²) in [6.45, 7) is 5.01. The Morgan fingerprint density at radius 3 is 2.83 bits per heavy atom. The summed E-state index contributed by atoms with van der Waals surface area (Å²) in [5.41, 5.74) is 1.93. The summed E-state index contributed by atoms with van der Waals surface area (Å²) in [5.74, 6) is -0.196. The Labute approximate surface area is 142 Å². The van der Waals surface area contributed by atoms with Gasteiger partial charge >= 0.3 is 0 Å². The van der Waals surface area contributed by atoms with E-state index in [1.54, 1.807) is 4.90 Å². The highest BCUT2D eigenvalue weighted by molar-refractivity contribution is 5.89. The molecule has 1 aromatic carbocycles. The fraction of sp³-hybridized carbons (Fsp3) is 0.421. The minimum absolute atomic E-state index is 0.0349. The normalized spacial score (nSPS) is 17.7. The molecular formula is C19H23N3O2. The standard InChI is InChI=1S/C19H23N3O2/c1-13(2)22-12-15(11-18(22)23)19(24)20-10-9-16-8-7-14-5-3-4-6-17(14)21-16/h3-8,13,15H,9-12H2,1-2H3,(H,20,24)/t15-/m1/s1. The summed E-state index contributed by atoms with van der Waals surface area (Å²) in [4.78, 5) is 30.5. The van der Waals surface area contributed by atoms with Gasteiger partial charge in [0.15, 0.2) is 0 Å². The lowest BCUT2D eigenvalue weighted by molar-refractivity contribution is -0.129. The maximum Gasteiger partial charge on any atom is 0.225 e. The molecule has 2 heterocycles. The number of fused-ring (bicyclic) bond motifs is 1. The number of hydrogen-bond acceptors (Lipinski definition) is 3. The third-order valence-electron chi connectivity index (χ3n) is 4.49. The topological polar surface area (TPSA) is 62.3 Å². The molecule has 1 saturated heterocycles. The summed E-state index contributed by atoms with van der Waals surface area (Å²) in [6.07, 6.45) is 1.00. The van der Waals surface area contributed by atoms with Crippen molar-refractivity contribution in [3.8, 4) is 0 Å². The van der Waals surface area contributed by atoms with Crippen LogP contribution in [-0.2, 0) is 16.0 Å². The van der Waals surface area contributed by atoms with Crippen molar-refractivity contribution in [2.45, 2.75) is 32.7 Å². The molecule has 5 nitrogen and oxygen atoms in total. The minimum atomic E-state index is -0.232. The molecule has 5 heteroatoms. The number of amides is 2. The summed E-state index contributed by atoms with van der Waals surface area (Å²) in [7, 11) is 0. The number of rotatable bonds is 5. The first-order valence-corrected chi connectivity index (χ1v) is 8.46. The predicted octanol–water partition coefficient (Wildman–Crippen LogP) is 2.15. The predicted molar refractivity (Wildman–Crippen MR) is 93.4 cm³/mol. The molecule has 2 aromatic rings. The van der Waals surface area contributed by atoms with E-state index in [2.05, 4.69) is 16.4 Å². The zero-order valence-electron chi connectivity index (χ0n) is 14.2. The SMILES string of the molecule is CC(C)N1C[C@H](C(=O)NCCc2ccc3ccccc3n2)CC1=O. The van der Waals surface area contributed by atoms with E-state index in [0.717, 1.165) is 16.6 Å². The van der Waals surface area contributed by atoms with Crippen molar-refractivity contribution in [3.05, 3.63) is 42.1 Å². The van der Waals surface area contributed by atoms with E-state index >= 15 is 0 Å². The second kappa shape index (κ2) is 6.99. The molecule has 0 spiro atoms. The molecule has 1 aromatic heterocycles. The first kappa shape index (κ1) is 16.4. The first-order chi connectivity index (χ1) is 11.5. The summed E-state index contributed by atoms with van der Waals surface area (Å²) in [5, 5.41) is 4.06. The number of carbonyl (C=O) groups excluding carboxylic acids is 2. The number of nitrogens with zero attached hydrogens (tertiary/aromatic N) is 2. The van der Waals surface area contributed by atoms with Gasteiger partial charge in [0.1, 0.15) is 0 Å². The molecule has 24 heavy (non-hydrogen) atoms. The van der Waals surface area contributed by atoms with Gasteiger partial charge in [-0.3, -0.25) is 14.6 Å². The van der Waals surface area contributed by atoms with Crippen molar-refractivity contribution in [1.29, 1.82) is 0 Å². The zero-order valence-corrected chi connectivity index (χ0v) is 14.2. The lowest BCUT2D eigenvalue weighted by Crippen LogP contribution is -2.36. The fourth-order valence-electron chi connectivity index (χ4n) is 3.11. The molecule has 1 N–H and O–H groups in total. The summed E-state index contributed by atoms with van der Waals surface area (Å²) < 4.78 is 0. The maximum absolute atomic E-state index is 12.3. The Morgan fingerprint density at radius 2 is 2.08 bits per heavy atom.